The molecule has 4 heteroatoms. The second-order valence-electron chi connectivity index (χ2n) is 6.05. The molecule has 3 nitrogen and oxygen atoms in total. The van der Waals surface area contributed by atoms with Crippen molar-refractivity contribution in [2.24, 2.45) is 7.05 Å². The molecule has 0 amide bonds. The molecule has 0 bridgehead atoms. The molecule has 0 spiro atoms. The third kappa shape index (κ3) is 2.53. The number of aryl methyl sites for hydroxylation is 1. The average Bonchev–Trinajstić information content (AvgIpc) is 2.50. The second-order valence-corrected chi connectivity index (χ2v) is 6.05. The zero-order valence-corrected chi connectivity index (χ0v) is 15.4. The summed E-state index contributed by atoms with van der Waals surface area (Å²) in [5, 5.41) is 0. The van der Waals surface area contributed by atoms with Gasteiger partial charge in [-0.2, -0.15) is 0 Å². The third-order valence-electron chi connectivity index (χ3n) is 3.32. The van der Waals surface area contributed by atoms with E-state index in [1.165, 1.54) is 5.56 Å². The Morgan fingerprint density at radius 2 is 1.74 bits per heavy atom. The van der Waals surface area contributed by atoms with Gasteiger partial charge in [-0.15, -0.1) is 6.04 Å². The Morgan fingerprint density at radius 1 is 1.16 bits per heavy atom. The van der Waals surface area contributed by atoms with Gasteiger partial charge in [0.2, 0.25) is 5.69 Å². The number of hydrogen-bond donors (Lipinski definition) is 0. The van der Waals surface area contributed by atoms with Crippen molar-refractivity contribution in [1.29, 1.82) is 0 Å². The first-order valence-corrected chi connectivity index (χ1v) is 6.26. The molecule has 1 aromatic carbocycles. The summed E-state index contributed by atoms with van der Waals surface area (Å²) in [4.78, 5) is 12.3. The smallest absolute Gasteiger partial charge is 0.216 e. The predicted molar refractivity (Wildman–Crippen MR) is 75.9 cm³/mol. The van der Waals surface area contributed by atoms with Gasteiger partial charge < -0.3 is 13.9 Å². The van der Waals surface area contributed by atoms with Gasteiger partial charge >= 0.3 is 0 Å². The van der Waals surface area contributed by atoms with Crippen molar-refractivity contribution < 1.29 is 21.1 Å². The number of aromatic nitrogens is 2. The second kappa shape index (κ2) is 5.20. The summed E-state index contributed by atoms with van der Waals surface area (Å²) in [6.45, 7) is 10.4. The first-order chi connectivity index (χ1) is 8.25. The molecule has 0 saturated carbocycles. The fourth-order valence-electron chi connectivity index (χ4n) is 2.45. The molecule has 0 radical (unpaired) electrons. The van der Waals surface area contributed by atoms with Crippen LogP contribution in [-0.4, -0.2) is 9.13 Å². The molecule has 0 saturated heterocycles. The first-order valence-electron chi connectivity index (χ1n) is 6.26. The van der Waals surface area contributed by atoms with E-state index in [-0.39, 0.29) is 32.2 Å². The minimum absolute atomic E-state index is 0. The summed E-state index contributed by atoms with van der Waals surface area (Å²) in [6.07, 6.45) is 0. The maximum Gasteiger partial charge on any atom is 0.216 e. The van der Waals surface area contributed by atoms with Crippen LogP contribution < -0.4 is 5.69 Å². The van der Waals surface area contributed by atoms with Crippen molar-refractivity contribution in [1.82, 2.24) is 9.13 Å². The summed E-state index contributed by atoms with van der Waals surface area (Å²) >= 11 is 0. The number of benzene rings is 1. The van der Waals surface area contributed by atoms with Crippen molar-refractivity contribution in [2.75, 3.05) is 0 Å². The van der Waals surface area contributed by atoms with Gasteiger partial charge in [0.05, 0.1) is 0 Å². The maximum absolute atomic E-state index is 12.3. The minimum atomic E-state index is 0. The summed E-state index contributed by atoms with van der Waals surface area (Å²) in [5.41, 5.74) is 3.30. The molecular formula is C15H21N2OW-. The fourth-order valence-corrected chi connectivity index (χ4v) is 2.45. The summed E-state index contributed by atoms with van der Waals surface area (Å²) < 4.78 is 3.54. The van der Waals surface area contributed by atoms with Gasteiger partial charge in [-0.1, -0.05) is 52.8 Å². The van der Waals surface area contributed by atoms with Gasteiger partial charge in [-0.3, -0.25) is 0 Å². The summed E-state index contributed by atoms with van der Waals surface area (Å²) in [6, 6.07) is 7.15. The number of imidazole rings is 1. The Balaban J connectivity index is 0.00000180. The summed E-state index contributed by atoms with van der Waals surface area (Å²) in [7, 11) is 1.85. The third-order valence-corrected chi connectivity index (χ3v) is 3.32. The monoisotopic (exact) mass is 429 g/mol. The van der Waals surface area contributed by atoms with Crippen LogP contribution in [0.1, 0.15) is 40.2 Å². The van der Waals surface area contributed by atoms with E-state index in [4.69, 9.17) is 0 Å². The predicted octanol–water partition coefficient (Wildman–Crippen LogP) is 3.05. The van der Waals surface area contributed by atoms with E-state index in [1.807, 2.05) is 33.0 Å². The van der Waals surface area contributed by atoms with Gasteiger partial charge in [0.15, 0.2) is 0 Å². The van der Waals surface area contributed by atoms with E-state index >= 15 is 0 Å². The Labute approximate surface area is 128 Å². The van der Waals surface area contributed by atoms with Crippen LogP contribution in [0.4, 0.5) is 0 Å². The number of rotatable bonds is 1. The zero-order chi connectivity index (χ0) is 13.7. The van der Waals surface area contributed by atoms with Gasteiger partial charge in [0, 0.05) is 33.6 Å². The fraction of sp³-hybridized carbons (Fsp3) is 0.467. The van der Waals surface area contributed by atoms with Crippen LogP contribution in [0.5, 0.6) is 0 Å². The number of nitrogens with zero attached hydrogens (tertiary/aromatic N) is 2. The first kappa shape index (κ1) is 16.1. The molecule has 0 atom stereocenters. The van der Waals surface area contributed by atoms with Crippen LogP contribution in [0.15, 0.2) is 23.0 Å². The molecular weight excluding hydrogens is 408 g/mol. The van der Waals surface area contributed by atoms with Crippen LogP contribution >= 0.6 is 0 Å². The Bertz CT molecular complexity index is 644. The molecule has 0 aliphatic rings. The Morgan fingerprint density at radius 3 is 2.21 bits per heavy atom. The molecule has 1 aromatic heterocycles. The van der Waals surface area contributed by atoms with Crippen molar-refractivity contribution in [3.05, 3.63) is 40.3 Å². The van der Waals surface area contributed by atoms with Gasteiger partial charge in [-0.25, -0.2) is 0 Å². The van der Waals surface area contributed by atoms with E-state index in [9.17, 15) is 4.79 Å². The van der Waals surface area contributed by atoms with Crippen molar-refractivity contribution in [3.8, 4) is 0 Å². The summed E-state index contributed by atoms with van der Waals surface area (Å²) in [5.74, 6) is 0. The normalized spacial score (nSPS) is 11.5. The molecule has 0 aliphatic carbocycles. The van der Waals surface area contributed by atoms with E-state index in [1.54, 1.807) is 9.13 Å². The SMILES string of the molecule is C[C-](C)n1c(=O)n(C)c2c(C(C)(C)C)cccc21.[W]. The molecule has 0 N–H and O–H groups in total. The van der Waals surface area contributed by atoms with E-state index < -0.39 is 0 Å². The van der Waals surface area contributed by atoms with Crippen LogP contribution in [-0.2, 0) is 33.5 Å². The Kier molecular flexibility index (Phi) is 4.41. The van der Waals surface area contributed by atoms with Gasteiger partial charge in [0.25, 0.3) is 0 Å². The van der Waals surface area contributed by atoms with Crippen LogP contribution in [0.3, 0.4) is 0 Å². The largest absolute Gasteiger partial charge is 0.428 e. The molecule has 0 aliphatic heterocycles. The Hall–Kier alpha value is -0.952. The van der Waals surface area contributed by atoms with Gasteiger partial charge in [-0.05, 0) is 16.5 Å². The van der Waals surface area contributed by atoms with Crippen LogP contribution in [0.25, 0.3) is 11.0 Å². The standard InChI is InChI=1S/C15H21N2O.W/c1-10(2)17-12-9-7-8-11(15(3,4)5)13(12)16(6)14(17)18;/h7-9H,1-6H3;/q-1;. The minimum Gasteiger partial charge on any atom is -0.428 e. The molecule has 2 rings (SSSR count). The maximum atomic E-state index is 12.3. The zero-order valence-electron chi connectivity index (χ0n) is 12.4. The van der Waals surface area contributed by atoms with E-state index in [2.05, 4.69) is 26.8 Å². The number of hydrogen-bond acceptors (Lipinski definition) is 1. The topological polar surface area (TPSA) is 26.9 Å². The molecule has 19 heavy (non-hydrogen) atoms. The quantitative estimate of drug-likeness (QED) is 0.641. The van der Waals surface area contributed by atoms with Crippen molar-refractivity contribution >= 4 is 11.0 Å². The average molecular weight is 429 g/mol. The molecule has 0 unspecified atom stereocenters. The molecule has 104 valence electrons. The van der Waals surface area contributed by atoms with Crippen molar-refractivity contribution in [3.63, 3.8) is 0 Å². The van der Waals surface area contributed by atoms with E-state index in [0.29, 0.717) is 0 Å². The van der Waals surface area contributed by atoms with Crippen LogP contribution in [0, 0.1) is 6.04 Å². The number of fused-ring (bicyclic) bond motifs is 1. The number of para-hydroxylation sites is 1. The van der Waals surface area contributed by atoms with E-state index in [0.717, 1.165) is 17.1 Å². The van der Waals surface area contributed by atoms with Crippen molar-refractivity contribution in [2.45, 2.75) is 40.0 Å². The molecule has 2 aromatic rings. The molecule has 0 fully saturated rings. The van der Waals surface area contributed by atoms with Crippen LogP contribution in [0.2, 0.25) is 0 Å². The van der Waals surface area contributed by atoms with Gasteiger partial charge in [0.1, 0.15) is 0 Å². The molecule has 1 heterocycles.